The lowest BCUT2D eigenvalue weighted by molar-refractivity contribution is -0.419. The van der Waals surface area contributed by atoms with E-state index in [4.69, 9.17) is 0 Å². The normalized spacial score (nSPS) is 10.1. The van der Waals surface area contributed by atoms with E-state index in [9.17, 15) is 20.2 Å². The second-order valence-electron chi connectivity index (χ2n) is 2.47. The van der Waals surface area contributed by atoms with Crippen LogP contribution in [0.1, 0.15) is 0 Å². The number of aromatic nitrogens is 4. The van der Waals surface area contributed by atoms with Gasteiger partial charge in [-0.1, -0.05) is 5.16 Å². The van der Waals surface area contributed by atoms with Crippen LogP contribution < -0.4 is 0 Å². The van der Waals surface area contributed by atoms with E-state index < -0.39 is 33.0 Å². The van der Waals surface area contributed by atoms with E-state index in [0.29, 0.717) is 0 Å². The van der Waals surface area contributed by atoms with Gasteiger partial charge in [0.2, 0.25) is 5.69 Å². The Balaban J connectivity index is 2.46. The Morgan fingerprint density at radius 3 is 2.29 bits per heavy atom. The van der Waals surface area contributed by atoms with Crippen molar-refractivity contribution in [3.05, 3.63) is 25.7 Å². The molecule has 0 aliphatic carbocycles. The van der Waals surface area contributed by atoms with E-state index in [1.54, 1.807) is 0 Å². The third-order valence-corrected chi connectivity index (χ3v) is 1.52. The zero-order valence-electron chi connectivity index (χ0n) is 7.58. The molecule has 0 aromatic carbocycles. The van der Waals surface area contributed by atoms with Crippen LogP contribution in [0.5, 0.6) is 0 Å². The zero-order valence-corrected chi connectivity index (χ0v) is 7.58. The van der Waals surface area contributed by atoms with Gasteiger partial charge < -0.3 is 14.7 Å². The van der Waals surface area contributed by atoms with Crippen LogP contribution in [0.4, 0.5) is 11.6 Å². The minimum Gasteiger partial charge on any atom is -0.358 e. The molecule has 2 aromatic rings. The molecule has 0 amide bonds. The fourth-order valence-corrected chi connectivity index (χ4v) is 0.929. The SMILES string of the molecule is O=[N+]([O-])[N-]c1nonc1-c1nonc1[N+](=O)[O-]. The molecule has 0 saturated heterocycles. The van der Waals surface area contributed by atoms with Gasteiger partial charge in [-0.05, 0) is 10.1 Å². The molecular weight excluding hydrogens is 242 g/mol. The number of hydrogen-bond acceptors (Lipinski definition) is 10. The van der Waals surface area contributed by atoms with Gasteiger partial charge in [-0.2, -0.15) is 0 Å². The summed E-state index contributed by atoms with van der Waals surface area (Å²) in [6.45, 7) is 0. The highest BCUT2D eigenvalue weighted by molar-refractivity contribution is 5.73. The van der Waals surface area contributed by atoms with Crippen LogP contribution >= 0.6 is 0 Å². The molecule has 0 aliphatic rings. The molecule has 0 saturated carbocycles. The molecule has 0 spiro atoms. The van der Waals surface area contributed by atoms with Crippen LogP contribution in [0, 0.1) is 20.2 Å². The van der Waals surface area contributed by atoms with Gasteiger partial charge in [0, 0.05) is 0 Å². The van der Waals surface area contributed by atoms with Gasteiger partial charge >= 0.3 is 5.82 Å². The molecule has 2 aromatic heterocycles. The maximum atomic E-state index is 10.5. The summed E-state index contributed by atoms with van der Waals surface area (Å²) in [6.07, 6.45) is 0. The van der Waals surface area contributed by atoms with Crippen molar-refractivity contribution in [1.29, 1.82) is 0 Å². The van der Waals surface area contributed by atoms with Gasteiger partial charge in [-0.25, -0.2) is 0 Å². The first kappa shape index (κ1) is 10.4. The van der Waals surface area contributed by atoms with Gasteiger partial charge in [0.25, 0.3) is 0 Å². The van der Waals surface area contributed by atoms with Crippen molar-refractivity contribution in [3.63, 3.8) is 0 Å². The van der Waals surface area contributed by atoms with Crippen LogP contribution in [0.15, 0.2) is 9.26 Å². The lowest BCUT2D eigenvalue weighted by Gasteiger charge is -1.98. The second kappa shape index (κ2) is 3.80. The molecule has 0 atom stereocenters. The molecule has 0 unspecified atom stereocenters. The monoisotopic (exact) mass is 242 g/mol. The standard InChI is InChI=1S/C4N7O6/c12-10(13)4-2(7-17-9-4)1-3(5-11(14)15)8-16-6-1/q-1. The molecular formula is C4N7O6-. The number of rotatable bonds is 4. The largest absolute Gasteiger partial charge is 0.444 e. The molecule has 88 valence electrons. The number of nitrogens with zero attached hydrogens (tertiary/aromatic N) is 7. The smallest absolute Gasteiger partial charge is 0.358 e. The third-order valence-electron chi connectivity index (χ3n) is 1.52. The van der Waals surface area contributed by atoms with Crippen molar-refractivity contribution in [2.75, 3.05) is 0 Å². The maximum absolute atomic E-state index is 10.5. The van der Waals surface area contributed by atoms with Crippen LogP contribution in [0.2, 0.25) is 0 Å². The molecule has 2 rings (SSSR count). The first-order valence-corrected chi connectivity index (χ1v) is 3.75. The predicted molar refractivity (Wildman–Crippen MR) is 44.3 cm³/mol. The number of nitro groups is 2. The molecule has 0 fully saturated rings. The van der Waals surface area contributed by atoms with E-state index in [2.05, 4.69) is 35.3 Å². The Morgan fingerprint density at radius 2 is 1.65 bits per heavy atom. The van der Waals surface area contributed by atoms with Gasteiger partial charge in [-0.3, -0.25) is 15.3 Å². The van der Waals surface area contributed by atoms with E-state index in [-0.39, 0.29) is 0 Å². The average Bonchev–Trinajstić information content (AvgIpc) is 2.82. The third kappa shape index (κ3) is 1.83. The summed E-state index contributed by atoms with van der Waals surface area (Å²) in [5.74, 6) is -1.35. The first-order chi connectivity index (χ1) is 8.09. The predicted octanol–water partition coefficient (Wildman–Crippen LogP) is 0.225. The summed E-state index contributed by atoms with van der Waals surface area (Å²) >= 11 is 0. The van der Waals surface area contributed by atoms with Gasteiger partial charge in [0.05, 0.1) is 10.9 Å². The van der Waals surface area contributed by atoms with Crippen LogP contribution in [0.25, 0.3) is 16.8 Å². The Kier molecular flexibility index (Phi) is 2.32. The van der Waals surface area contributed by atoms with E-state index >= 15 is 0 Å². The average molecular weight is 242 g/mol. The summed E-state index contributed by atoms with van der Waals surface area (Å²) in [4.78, 5) is 19.7. The molecule has 0 radical (unpaired) electrons. The maximum Gasteiger partial charge on any atom is 0.444 e. The second-order valence-corrected chi connectivity index (χ2v) is 2.47. The van der Waals surface area contributed by atoms with Crippen LogP contribution in [-0.2, 0) is 0 Å². The van der Waals surface area contributed by atoms with Gasteiger partial charge in [0.1, 0.15) is 5.69 Å². The summed E-state index contributed by atoms with van der Waals surface area (Å²) in [5, 5.41) is 32.0. The molecule has 13 heteroatoms. The Hall–Kier alpha value is -3.12. The van der Waals surface area contributed by atoms with Crippen molar-refractivity contribution in [2.24, 2.45) is 0 Å². The van der Waals surface area contributed by atoms with E-state index in [1.807, 2.05) is 0 Å². The topological polar surface area (TPSA) is 178 Å². The first-order valence-electron chi connectivity index (χ1n) is 3.75. The fourth-order valence-electron chi connectivity index (χ4n) is 0.929. The highest BCUT2D eigenvalue weighted by Gasteiger charge is 2.27. The molecule has 0 bridgehead atoms. The zero-order chi connectivity index (χ0) is 12.4. The highest BCUT2D eigenvalue weighted by Crippen LogP contribution is 2.32. The Morgan fingerprint density at radius 1 is 1.00 bits per heavy atom. The van der Waals surface area contributed by atoms with Crippen molar-refractivity contribution < 1.29 is 19.2 Å². The quantitative estimate of drug-likeness (QED) is 0.531. The minimum atomic E-state index is -1.07. The number of hydrogen-bond donors (Lipinski definition) is 0. The summed E-state index contributed by atoms with van der Waals surface area (Å²) < 4.78 is 8.30. The van der Waals surface area contributed by atoms with E-state index in [1.165, 1.54) is 0 Å². The molecule has 17 heavy (non-hydrogen) atoms. The lowest BCUT2D eigenvalue weighted by Crippen LogP contribution is -1.93. The fraction of sp³-hybridized carbons (Fsp3) is 0. The van der Waals surface area contributed by atoms with Crippen molar-refractivity contribution in [1.82, 2.24) is 20.6 Å². The van der Waals surface area contributed by atoms with Crippen molar-refractivity contribution in [2.45, 2.75) is 0 Å². The summed E-state index contributed by atoms with van der Waals surface area (Å²) in [6, 6.07) is 0. The molecule has 0 N–H and O–H groups in total. The summed E-state index contributed by atoms with van der Waals surface area (Å²) in [5.41, 5.74) is 1.93. The summed E-state index contributed by atoms with van der Waals surface area (Å²) in [7, 11) is 0. The highest BCUT2D eigenvalue weighted by atomic mass is 16.7. The van der Waals surface area contributed by atoms with E-state index in [0.717, 1.165) is 0 Å². The van der Waals surface area contributed by atoms with Gasteiger partial charge in [0.15, 0.2) is 5.16 Å². The van der Waals surface area contributed by atoms with Crippen molar-refractivity contribution >= 4 is 11.6 Å². The van der Waals surface area contributed by atoms with Crippen LogP contribution in [-0.4, -0.2) is 30.6 Å². The lowest BCUT2D eigenvalue weighted by atomic mass is 10.3. The Labute approximate surface area is 89.6 Å². The molecule has 13 nitrogen and oxygen atoms in total. The van der Waals surface area contributed by atoms with Gasteiger partial charge in [-0.15, -0.1) is 10.1 Å². The molecule has 0 aliphatic heterocycles. The molecule has 2 heterocycles. The Bertz CT molecular complexity index is 572. The van der Waals surface area contributed by atoms with Crippen molar-refractivity contribution in [3.8, 4) is 11.4 Å². The van der Waals surface area contributed by atoms with Crippen LogP contribution in [0.3, 0.4) is 0 Å². The minimum absolute atomic E-state index is 0.408.